The Morgan fingerprint density at radius 1 is 1.24 bits per heavy atom. The van der Waals surface area contributed by atoms with Gasteiger partial charge in [0.2, 0.25) is 0 Å². The topological polar surface area (TPSA) is 55.1 Å². The van der Waals surface area contributed by atoms with Crippen LogP contribution in [0.3, 0.4) is 0 Å². The molecule has 4 nitrogen and oxygen atoms in total. The number of rotatable bonds is 7. The molecule has 0 aliphatic carbocycles. The maximum absolute atomic E-state index is 10.7. The predicted molar refractivity (Wildman–Crippen MR) is 84.7 cm³/mol. The quantitative estimate of drug-likeness (QED) is 0.841. The molecule has 0 aliphatic heterocycles. The van der Waals surface area contributed by atoms with E-state index in [9.17, 15) is 4.79 Å². The molecule has 0 unspecified atom stereocenters. The van der Waals surface area contributed by atoms with Crippen molar-refractivity contribution < 1.29 is 9.90 Å². The zero-order valence-electron chi connectivity index (χ0n) is 13.1. The van der Waals surface area contributed by atoms with Gasteiger partial charge in [0.05, 0.1) is 11.0 Å². The van der Waals surface area contributed by atoms with Gasteiger partial charge in [-0.15, -0.1) is 0 Å². The first kappa shape index (κ1) is 15.5. The number of benzene rings is 1. The molecule has 4 heteroatoms. The van der Waals surface area contributed by atoms with E-state index in [-0.39, 0.29) is 6.42 Å². The summed E-state index contributed by atoms with van der Waals surface area (Å²) in [5.74, 6) is 0.351. The van der Waals surface area contributed by atoms with E-state index in [0.717, 1.165) is 42.7 Å². The Balaban J connectivity index is 2.36. The van der Waals surface area contributed by atoms with Crippen molar-refractivity contribution >= 4 is 17.0 Å². The van der Waals surface area contributed by atoms with E-state index in [4.69, 9.17) is 10.1 Å². The molecule has 2 rings (SSSR count). The summed E-state index contributed by atoms with van der Waals surface area (Å²) in [5.41, 5.74) is 4.66. The molecule has 0 amide bonds. The molecule has 21 heavy (non-hydrogen) atoms. The number of aliphatic carboxylic acids is 1. The van der Waals surface area contributed by atoms with Gasteiger partial charge in [0.25, 0.3) is 0 Å². The first-order chi connectivity index (χ1) is 10.0. The van der Waals surface area contributed by atoms with Crippen LogP contribution in [0.15, 0.2) is 12.1 Å². The van der Waals surface area contributed by atoms with Crippen LogP contribution in [0.25, 0.3) is 11.0 Å². The summed E-state index contributed by atoms with van der Waals surface area (Å²) in [6.45, 7) is 7.11. The molecule has 0 bridgehead atoms. The molecule has 0 aliphatic rings. The van der Waals surface area contributed by atoms with Crippen LogP contribution in [-0.2, 0) is 17.8 Å². The van der Waals surface area contributed by atoms with Gasteiger partial charge in [0.15, 0.2) is 0 Å². The Kier molecular flexibility index (Phi) is 4.99. The van der Waals surface area contributed by atoms with Crippen LogP contribution in [0.1, 0.15) is 49.6 Å². The summed E-state index contributed by atoms with van der Waals surface area (Å²) >= 11 is 0. The van der Waals surface area contributed by atoms with Crippen molar-refractivity contribution in [1.82, 2.24) is 9.55 Å². The molecule has 1 N–H and O–H groups in total. The van der Waals surface area contributed by atoms with Crippen LogP contribution in [0.2, 0.25) is 0 Å². The van der Waals surface area contributed by atoms with Crippen LogP contribution in [0.5, 0.6) is 0 Å². The SMILES string of the molecule is CCCCc1nc2cc(C)c(C)cc2n1CCCC(=O)O. The van der Waals surface area contributed by atoms with Gasteiger partial charge in [-0.3, -0.25) is 4.79 Å². The largest absolute Gasteiger partial charge is 0.481 e. The van der Waals surface area contributed by atoms with E-state index in [2.05, 4.69) is 37.5 Å². The average molecular weight is 288 g/mol. The molecular weight excluding hydrogens is 264 g/mol. The highest BCUT2D eigenvalue weighted by atomic mass is 16.4. The van der Waals surface area contributed by atoms with E-state index in [1.165, 1.54) is 11.1 Å². The molecule has 1 heterocycles. The minimum absolute atomic E-state index is 0.206. The lowest BCUT2D eigenvalue weighted by atomic mass is 10.1. The Morgan fingerprint density at radius 2 is 1.95 bits per heavy atom. The normalized spacial score (nSPS) is 11.2. The molecule has 2 aromatic rings. The van der Waals surface area contributed by atoms with Crippen LogP contribution in [0.4, 0.5) is 0 Å². The minimum Gasteiger partial charge on any atom is -0.481 e. The lowest BCUT2D eigenvalue weighted by molar-refractivity contribution is -0.137. The Morgan fingerprint density at radius 3 is 2.62 bits per heavy atom. The summed E-state index contributed by atoms with van der Waals surface area (Å²) < 4.78 is 2.21. The second-order valence-electron chi connectivity index (χ2n) is 5.71. The number of unbranched alkanes of at least 4 members (excludes halogenated alkanes) is 1. The lowest BCUT2D eigenvalue weighted by Crippen LogP contribution is -2.06. The van der Waals surface area contributed by atoms with Gasteiger partial charge in [-0.2, -0.15) is 0 Å². The monoisotopic (exact) mass is 288 g/mol. The first-order valence-corrected chi connectivity index (χ1v) is 7.71. The Labute approximate surface area is 125 Å². The van der Waals surface area contributed by atoms with Crippen LogP contribution in [-0.4, -0.2) is 20.6 Å². The van der Waals surface area contributed by atoms with E-state index in [0.29, 0.717) is 6.42 Å². The number of hydrogen-bond acceptors (Lipinski definition) is 2. The molecule has 0 atom stereocenters. The third kappa shape index (κ3) is 3.63. The van der Waals surface area contributed by atoms with Crippen LogP contribution >= 0.6 is 0 Å². The van der Waals surface area contributed by atoms with Crippen molar-refractivity contribution in [2.24, 2.45) is 0 Å². The molecule has 0 saturated heterocycles. The fraction of sp³-hybridized carbons (Fsp3) is 0.529. The standard InChI is InChI=1S/C17H24N2O2/c1-4-5-7-16-18-14-10-12(2)13(3)11-15(14)19(16)9-6-8-17(20)21/h10-11H,4-9H2,1-3H3,(H,20,21). The van der Waals surface area contributed by atoms with Gasteiger partial charge in [-0.05, 0) is 49.9 Å². The van der Waals surface area contributed by atoms with E-state index < -0.39 is 5.97 Å². The summed E-state index contributed by atoms with van der Waals surface area (Å²) in [7, 11) is 0. The highest BCUT2D eigenvalue weighted by Crippen LogP contribution is 2.22. The average Bonchev–Trinajstić information content (AvgIpc) is 2.74. The predicted octanol–water partition coefficient (Wildman–Crippen LogP) is 3.86. The van der Waals surface area contributed by atoms with E-state index in [1.807, 2.05) is 0 Å². The molecule has 1 aromatic heterocycles. The molecule has 0 spiro atoms. The van der Waals surface area contributed by atoms with Crippen molar-refractivity contribution in [2.75, 3.05) is 0 Å². The molecule has 0 radical (unpaired) electrons. The summed E-state index contributed by atoms with van der Waals surface area (Å²) in [6, 6.07) is 4.31. The van der Waals surface area contributed by atoms with Gasteiger partial charge in [0, 0.05) is 19.4 Å². The minimum atomic E-state index is -0.735. The number of carbonyl (C=O) groups is 1. The molecule has 114 valence electrons. The first-order valence-electron chi connectivity index (χ1n) is 7.71. The van der Waals surface area contributed by atoms with Gasteiger partial charge < -0.3 is 9.67 Å². The number of aryl methyl sites for hydroxylation is 4. The second-order valence-corrected chi connectivity index (χ2v) is 5.71. The Hall–Kier alpha value is -1.84. The van der Waals surface area contributed by atoms with Crippen molar-refractivity contribution in [3.05, 3.63) is 29.1 Å². The van der Waals surface area contributed by atoms with Crippen molar-refractivity contribution in [1.29, 1.82) is 0 Å². The number of carboxylic acid groups (broad SMARTS) is 1. The van der Waals surface area contributed by atoms with Crippen molar-refractivity contribution in [3.8, 4) is 0 Å². The van der Waals surface area contributed by atoms with E-state index >= 15 is 0 Å². The number of carboxylic acids is 1. The maximum atomic E-state index is 10.7. The number of aromatic nitrogens is 2. The Bertz CT molecular complexity index is 644. The molecular formula is C17H24N2O2. The number of hydrogen-bond donors (Lipinski definition) is 1. The van der Waals surface area contributed by atoms with Crippen LogP contribution in [0, 0.1) is 13.8 Å². The highest BCUT2D eigenvalue weighted by Gasteiger charge is 2.12. The number of fused-ring (bicyclic) bond motifs is 1. The van der Waals surface area contributed by atoms with E-state index in [1.54, 1.807) is 0 Å². The zero-order valence-corrected chi connectivity index (χ0v) is 13.1. The van der Waals surface area contributed by atoms with Crippen molar-refractivity contribution in [2.45, 2.75) is 59.4 Å². The second kappa shape index (κ2) is 6.74. The third-order valence-electron chi connectivity index (χ3n) is 3.97. The van der Waals surface area contributed by atoms with Gasteiger partial charge in [-0.1, -0.05) is 13.3 Å². The zero-order chi connectivity index (χ0) is 15.4. The molecule has 1 aromatic carbocycles. The highest BCUT2D eigenvalue weighted by molar-refractivity contribution is 5.78. The molecule has 0 saturated carbocycles. The number of imidazole rings is 1. The summed E-state index contributed by atoms with van der Waals surface area (Å²) in [6.07, 6.45) is 4.05. The van der Waals surface area contributed by atoms with Crippen molar-refractivity contribution in [3.63, 3.8) is 0 Å². The fourth-order valence-corrected chi connectivity index (χ4v) is 2.59. The summed E-state index contributed by atoms with van der Waals surface area (Å²) in [4.78, 5) is 15.5. The van der Waals surface area contributed by atoms with Gasteiger partial charge >= 0.3 is 5.97 Å². The number of nitrogens with zero attached hydrogens (tertiary/aromatic N) is 2. The van der Waals surface area contributed by atoms with Crippen LogP contribution < -0.4 is 0 Å². The third-order valence-corrected chi connectivity index (χ3v) is 3.97. The smallest absolute Gasteiger partial charge is 0.303 e. The van der Waals surface area contributed by atoms with Gasteiger partial charge in [0.1, 0.15) is 5.82 Å². The fourth-order valence-electron chi connectivity index (χ4n) is 2.59. The van der Waals surface area contributed by atoms with Gasteiger partial charge in [-0.25, -0.2) is 4.98 Å². The molecule has 0 fully saturated rings. The summed E-state index contributed by atoms with van der Waals surface area (Å²) in [5, 5.41) is 8.82. The maximum Gasteiger partial charge on any atom is 0.303 e. The lowest BCUT2D eigenvalue weighted by Gasteiger charge is -2.09.